The molecule has 21 heavy (non-hydrogen) atoms. The van der Waals surface area contributed by atoms with E-state index in [-0.39, 0.29) is 5.91 Å². The Morgan fingerprint density at radius 2 is 2.05 bits per heavy atom. The third kappa shape index (κ3) is 2.88. The highest BCUT2D eigenvalue weighted by Crippen LogP contribution is 2.25. The molecule has 1 N–H and O–H groups in total. The summed E-state index contributed by atoms with van der Waals surface area (Å²) < 4.78 is 0. The number of hydrogen-bond acceptors (Lipinski definition) is 3. The SMILES string of the molecule is Cc1ccc(Cl)cc1N1CCN(C(=O)c2cn[nH]c2)CC1. The minimum Gasteiger partial charge on any atom is -0.368 e. The van der Waals surface area contributed by atoms with E-state index in [2.05, 4.69) is 22.0 Å². The number of nitrogens with zero attached hydrogens (tertiary/aromatic N) is 3. The molecule has 1 fully saturated rings. The highest BCUT2D eigenvalue weighted by Gasteiger charge is 2.23. The van der Waals surface area contributed by atoms with E-state index in [9.17, 15) is 4.79 Å². The molecule has 1 amide bonds. The molecule has 2 heterocycles. The molecule has 1 aliphatic heterocycles. The number of rotatable bonds is 2. The van der Waals surface area contributed by atoms with Crippen molar-refractivity contribution in [1.29, 1.82) is 0 Å². The predicted octanol–water partition coefficient (Wildman–Crippen LogP) is 2.33. The van der Waals surface area contributed by atoms with E-state index < -0.39 is 0 Å². The zero-order valence-corrected chi connectivity index (χ0v) is 12.6. The Kier molecular flexibility index (Phi) is 3.84. The monoisotopic (exact) mass is 304 g/mol. The average Bonchev–Trinajstić information content (AvgIpc) is 3.03. The molecule has 110 valence electrons. The number of carbonyl (C=O) groups is 1. The summed E-state index contributed by atoms with van der Waals surface area (Å²) in [5.74, 6) is 0.0335. The second-order valence-corrected chi connectivity index (χ2v) is 5.63. The van der Waals surface area contributed by atoms with Crippen molar-refractivity contribution in [3.8, 4) is 0 Å². The van der Waals surface area contributed by atoms with E-state index in [0.717, 1.165) is 23.8 Å². The van der Waals surface area contributed by atoms with Crippen molar-refractivity contribution in [2.45, 2.75) is 6.92 Å². The number of piperazine rings is 1. The van der Waals surface area contributed by atoms with Crippen LogP contribution in [0.3, 0.4) is 0 Å². The minimum atomic E-state index is 0.0335. The number of carbonyl (C=O) groups excluding carboxylic acids is 1. The van der Waals surface area contributed by atoms with Gasteiger partial charge in [-0.1, -0.05) is 17.7 Å². The van der Waals surface area contributed by atoms with Crippen LogP contribution < -0.4 is 4.90 Å². The molecule has 2 aromatic rings. The summed E-state index contributed by atoms with van der Waals surface area (Å²) in [5, 5.41) is 7.24. The zero-order valence-electron chi connectivity index (χ0n) is 11.8. The molecule has 0 aliphatic carbocycles. The lowest BCUT2D eigenvalue weighted by Gasteiger charge is -2.36. The van der Waals surface area contributed by atoms with Crippen LogP contribution in [0.2, 0.25) is 5.02 Å². The summed E-state index contributed by atoms with van der Waals surface area (Å²) in [5.41, 5.74) is 2.97. The molecule has 0 spiro atoms. The van der Waals surface area contributed by atoms with E-state index >= 15 is 0 Å². The molecule has 1 aliphatic rings. The maximum Gasteiger partial charge on any atom is 0.257 e. The Bertz CT molecular complexity index is 633. The van der Waals surface area contributed by atoms with Gasteiger partial charge in [-0.15, -0.1) is 0 Å². The van der Waals surface area contributed by atoms with Crippen molar-refractivity contribution in [3.05, 3.63) is 46.7 Å². The standard InChI is InChI=1S/C15H17ClN4O/c1-11-2-3-13(16)8-14(11)19-4-6-20(7-5-19)15(21)12-9-17-18-10-12/h2-3,8-10H,4-7H2,1H3,(H,17,18). The third-order valence-electron chi connectivity index (χ3n) is 3.82. The van der Waals surface area contributed by atoms with Gasteiger partial charge >= 0.3 is 0 Å². The van der Waals surface area contributed by atoms with E-state index in [1.165, 1.54) is 5.56 Å². The van der Waals surface area contributed by atoms with Crippen LogP contribution in [0, 0.1) is 6.92 Å². The maximum absolute atomic E-state index is 12.3. The van der Waals surface area contributed by atoms with Crippen LogP contribution in [-0.2, 0) is 0 Å². The molecule has 1 saturated heterocycles. The Hall–Kier alpha value is -2.01. The Balaban J connectivity index is 1.68. The number of H-pyrrole nitrogens is 1. The van der Waals surface area contributed by atoms with Crippen LogP contribution in [0.15, 0.2) is 30.6 Å². The first kappa shape index (κ1) is 13.9. The second-order valence-electron chi connectivity index (χ2n) is 5.20. The van der Waals surface area contributed by atoms with Crippen molar-refractivity contribution in [2.24, 2.45) is 0 Å². The molecule has 0 bridgehead atoms. The maximum atomic E-state index is 12.3. The van der Waals surface area contributed by atoms with E-state index in [1.807, 2.05) is 23.1 Å². The van der Waals surface area contributed by atoms with E-state index in [1.54, 1.807) is 12.4 Å². The highest BCUT2D eigenvalue weighted by molar-refractivity contribution is 6.30. The summed E-state index contributed by atoms with van der Waals surface area (Å²) in [7, 11) is 0. The molecular weight excluding hydrogens is 288 g/mol. The zero-order chi connectivity index (χ0) is 14.8. The fourth-order valence-corrected chi connectivity index (χ4v) is 2.79. The van der Waals surface area contributed by atoms with Crippen molar-refractivity contribution < 1.29 is 4.79 Å². The lowest BCUT2D eigenvalue weighted by atomic mass is 10.1. The quantitative estimate of drug-likeness (QED) is 0.926. The molecule has 0 radical (unpaired) electrons. The van der Waals surface area contributed by atoms with Gasteiger partial charge in [0.15, 0.2) is 0 Å². The number of hydrogen-bond donors (Lipinski definition) is 1. The van der Waals surface area contributed by atoms with Crippen LogP contribution in [-0.4, -0.2) is 47.2 Å². The average molecular weight is 305 g/mol. The number of aromatic amines is 1. The molecule has 0 saturated carbocycles. The van der Waals surface area contributed by atoms with Crippen LogP contribution in [0.25, 0.3) is 0 Å². The van der Waals surface area contributed by atoms with Crippen molar-refractivity contribution in [1.82, 2.24) is 15.1 Å². The number of amides is 1. The Morgan fingerprint density at radius 1 is 1.29 bits per heavy atom. The van der Waals surface area contributed by atoms with E-state index in [0.29, 0.717) is 18.7 Å². The molecule has 1 aromatic carbocycles. The van der Waals surface area contributed by atoms with Gasteiger partial charge in [-0.25, -0.2) is 0 Å². The molecular formula is C15H17ClN4O. The fraction of sp³-hybridized carbons (Fsp3) is 0.333. The first-order valence-electron chi connectivity index (χ1n) is 6.94. The molecule has 0 unspecified atom stereocenters. The number of halogens is 1. The Labute approximate surface area is 128 Å². The fourth-order valence-electron chi connectivity index (χ4n) is 2.62. The van der Waals surface area contributed by atoms with Gasteiger partial charge in [0.25, 0.3) is 5.91 Å². The van der Waals surface area contributed by atoms with Gasteiger partial charge in [0, 0.05) is 43.1 Å². The summed E-state index contributed by atoms with van der Waals surface area (Å²) in [6.45, 7) is 5.11. The second kappa shape index (κ2) is 5.77. The van der Waals surface area contributed by atoms with Crippen LogP contribution >= 0.6 is 11.6 Å². The predicted molar refractivity (Wildman–Crippen MR) is 82.9 cm³/mol. The third-order valence-corrected chi connectivity index (χ3v) is 4.06. The normalized spacial score (nSPS) is 15.3. The van der Waals surface area contributed by atoms with Gasteiger partial charge in [-0.2, -0.15) is 5.10 Å². The number of aryl methyl sites for hydroxylation is 1. The summed E-state index contributed by atoms with van der Waals surface area (Å²) in [6.07, 6.45) is 3.20. The van der Waals surface area contributed by atoms with Gasteiger partial charge < -0.3 is 9.80 Å². The molecule has 3 rings (SSSR count). The van der Waals surface area contributed by atoms with Crippen molar-refractivity contribution >= 4 is 23.2 Å². The van der Waals surface area contributed by atoms with Gasteiger partial charge in [-0.3, -0.25) is 9.89 Å². The minimum absolute atomic E-state index is 0.0335. The smallest absolute Gasteiger partial charge is 0.257 e. The van der Waals surface area contributed by atoms with Crippen LogP contribution in [0.4, 0.5) is 5.69 Å². The van der Waals surface area contributed by atoms with E-state index in [4.69, 9.17) is 11.6 Å². The van der Waals surface area contributed by atoms with Crippen molar-refractivity contribution in [3.63, 3.8) is 0 Å². The van der Waals surface area contributed by atoms with Gasteiger partial charge in [0.1, 0.15) is 0 Å². The number of aromatic nitrogens is 2. The highest BCUT2D eigenvalue weighted by atomic mass is 35.5. The first-order valence-corrected chi connectivity index (χ1v) is 7.32. The lowest BCUT2D eigenvalue weighted by Crippen LogP contribution is -2.48. The van der Waals surface area contributed by atoms with Gasteiger partial charge in [0.05, 0.1) is 11.8 Å². The molecule has 1 aromatic heterocycles. The summed E-state index contributed by atoms with van der Waals surface area (Å²) in [4.78, 5) is 16.4. The summed E-state index contributed by atoms with van der Waals surface area (Å²) in [6, 6.07) is 5.92. The molecule has 6 heteroatoms. The van der Waals surface area contributed by atoms with Crippen LogP contribution in [0.5, 0.6) is 0 Å². The largest absolute Gasteiger partial charge is 0.368 e. The number of nitrogens with one attached hydrogen (secondary N) is 1. The summed E-state index contributed by atoms with van der Waals surface area (Å²) >= 11 is 6.08. The topological polar surface area (TPSA) is 52.2 Å². The van der Waals surface area contributed by atoms with Crippen LogP contribution in [0.1, 0.15) is 15.9 Å². The number of anilines is 1. The molecule has 5 nitrogen and oxygen atoms in total. The van der Waals surface area contributed by atoms with Gasteiger partial charge in [-0.05, 0) is 24.6 Å². The Morgan fingerprint density at radius 3 is 2.71 bits per heavy atom. The van der Waals surface area contributed by atoms with Crippen molar-refractivity contribution in [2.75, 3.05) is 31.1 Å². The molecule has 0 atom stereocenters. The first-order chi connectivity index (χ1) is 10.1. The van der Waals surface area contributed by atoms with Gasteiger partial charge in [0.2, 0.25) is 0 Å². The number of benzene rings is 1. The lowest BCUT2D eigenvalue weighted by molar-refractivity contribution is 0.0747.